The summed E-state index contributed by atoms with van der Waals surface area (Å²) in [6.45, 7) is 14.2. The lowest BCUT2D eigenvalue weighted by Crippen LogP contribution is -2.70. The summed E-state index contributed by atoms with van der Waals surface area (Å²) in [6.07, 6.45) is 10.5. The number of unbranched alkanes of at least 4 members (excludes halogenated alkanes) is 2. The predicted molar refractivity (Wildman–Crippen MR) is 217 cm³/mol. The highest BCUT2D eigenvalue weighted by Gasteiger charge is 2.65. The Labute approximate surface area is 336 Å². The van der Waals surface area contributed by atoms with Crippen LogP contribution in [0.3, 0.4) is 0 Å². The summed E-state index contributed by atoms with van der Waals surface area (Å²) in [5, 5.41) is 24.5. The molecule has 310 valence electrons. The molecule has 2 heterocycles. The number of halogens is 1. The SMILES string of the molecule is C=CCCOC(=O)N(Cc1ccc(F)cc1)[C@H]1CC(=NOCC)C2=C[C@H](CCCCO)[C@@H](CCCCO)[C@@H]3c4cc(OCCN5CC5)ccc4O[C@@]1(OCC=C)[C@H]23. The van der Waals surface area contributed by atoms with E-state index in [-0.39, 0.29) is 63.0 Å². The molecule has 1 saturated heterocycles. The molecule has 0 spiro atoms. The van der Waals surface area contributed by atoms with Gasteiger partial charge in [0.1, 0.15) is 36.6 Å². The molecule has 4 aliphatic rings. The first-order chi connectivity index (χ1) is 27.9. The van der Waals surface area contributed by atoms with Crippen molar-refractivity contribution in [3.05, 3.63) is 96.4 Å². The number of carbonyl (C=O) groups is 1. The van der Waals surface area contributed by atoms with Crippen LogP contribution in [0.2, 0.25) is 0 Å². The van der Waals surface area contributed by atoms with Crippen molar-refractivity contribution in [1.82, 2.24) is 9.80 Å². The molecule has 6 atom stereocenters. The van der Waals surface area contributed by atoms with Crippen LogP contribution in [0, 0.1) is 23.6 Å². The smallest absolute Gasteiger partial charge is 0.410 e. The molecule has 1 saturated carbocycles. The first-order valence-corrected chi connectivity index (χ1v) is 20.7. The monoisotopic (exact) mass is 789 g/mol. The normalized spacial score (nSPS) is 25.4. The maximum absolute atomic E-state index is 14.4. The lowest BCUT2D eigenvalue weighted by Gasteiger charge is -2.59. The second kappa shape index (κ2) is 20.5. The average molecular weight is 790 g/mol. The van der Waals surface area contributed by atoms with Crippen molar-refractivity contribution >= 4 is 11.8 Å². The Morgan fingerprint density at radius 3 is 2.53 bits per heavy atom. The highest BCUT2D eigenvalue weighted by atomic mass is 19.1. The molecule has 0 radical (unpaired) electrons. The fourth-order valence-corrected chi connectivity index (χ4v) is 8.87. The minimum atomic E-state index is -1.45. The molecule has 2 aliphatic carbocycles. The molecule has 2 aromatic carbocycles. The number of carbonyl (C=O) groups excluding carboxylic acids is 1. The van der Waals surface area contributed by atoms with E-state index in [9.17, 15) is 19.4 Å². The van der Waals surface area contributed by atoms with Gasteiger partial charge in [0, 0.05) is 57.3 Å². The molecule has 2 fully saturated rings. The average Bonchev–Trinajstić information content (AvgIpc) is 4.05. The van der Waals surface area contributed by atoms with E-state index in [1.807, 2.05) is 19.1 Å². The third-order valence-corrected chi connectivity index (χ3v) is 11.6. The maximum atomic E-state index is 14.4. The first-order valence-electron chi connectivity index (χ1n) is 20.7. The largest absolute Gasteiger partial charge is 0.492 e. The number of nitrogens with zero attached hydrogens (tertiary/aromatic N) is 3. The van der Waals surface area contributed by atoms with Crippen LogP contribution < -0.4 is 9.47 Å². The fraction of sp³-hybridized carbons (Fsp3) is 0.556. The van der Waals surface area contributed by atoms with Crippen LogP contribution in [0.25, 0.3) is 0 Å². The minimum Gasteiger partial charge on any atom is -0.492 e. The number of oxime groups is 1. The topological polar surface area (TPSA) is 122 Å². The summed E-state index contributed by atoms with van der Waals surface area (Å²) in [4.78, 5) is 24.2. The molecule has 11 nitrogen and oxygen atoms in total. The summed E-state index contributed by atoms with van der Waals surface area (Å²) in [7, 11) is 0. The van der Waals surface area contributed by atoms with Gasteiger partial charge in [-0.3, -0.25) is 9.80 Å². The van der Waals surface area contributed by atoms with Gasteiger partial charge in [0.2, 0.25) is 5.79 Å². The minimum absolute atomic E-state index is 0.0726. The van der Waals surface area contributed by atoms with Gasteiger partial charge in [-0.1, -0.05) is 48.4 Å². The number of fused-ring (bicyclic) bond motifs is 2. The van der Waals surface area contributed by atoms with Crippen molar-refractivity contribution in [2.24, 2.45) is 22.9 Å². The van der Waals surface area contributed by atoms with Gasteiger partial charge in [-0.25, -0.2) is 9.18 Å². The Balaban J connectivity index is 1.56. The van der Waals surface area contributed by atoms with Gasteiger partial charge in [0.05, 0.1) is 24.8 Å². The molecule has 57 heavy (non-hydrogen) atoms. The summed E-state index contributed by atoms with van der Waals surface area (Å²) in [6, 6.07) is 11.3. The molecule has 0 unspecified atom stereocenters. The zero-order chi connectivity index (χ0) is 40.2. The van der Waals surface area contributed by atoms with E-state index >= 15 is 0 Å². The van der Waals surface area contributed by atoms with E-state index in [4.69, 9.17) is 28.9 Å². The van der Waals surface area contributed by atoms with Crippen LogP contribution in [0.15, 0.2) is 84.6 Å². The summed E-state index contributed by atoms with van der Waals surface area (Å²) < 4.78 is 40.7. The molecule has 2 aromatic rings. The van der Waals surface area contributed by atoms with Crippen molar-refractivity contribution in [2.75, 3.05) is 59.3 Å². The van der Waals surface area contributed by atoms with Crippen molar-refractivity contribution in [3.63, 3.8) is 0 Å². The molecule has 2 N–H and O–H groups in total. The summed E-state index contributed by atoms with van der Waals surface area (Å²) in [5.74, 6) is -0.930. The van der Waals surface area contributed by atoms with E-state index in [2.05, 4.69) is 30.2 Å². The van der Waals surface area contributed by atoms with Crippen molar-refractivity contribution in [3.8, 4) is 11.5 Å². The van der Waals surface area contributed by atoms with Crippen molar-refractivity contribution < 1.29 is 43.2 Å². The summed E-state index contributed by atoms with van der Waals surface area (Å²) in [5.41, 5.74) is 3.33. The quantitative estimate of drug-likeness (QED) is 0.0514. The van der Waals surface area contributed by atoms with Gasteiger partial charge in [0.15, 0.2) is 0 Å². The molecule has 0 aromatic heterocycles. The van der Waals surface area contributed by atoms with Crippen molar-refractivity contribution in [1.29, 1.82) is 0 Å². The third kappa shape index (κ3) is 10.1. The fourth-order valence-electron chi connectivity index (χ4n) is 8.87. The lowest BCUT2D eigenvalue weighted by molar-refractivity contribution is -0.256. The van der Waals surface area contributed by atoms with Gasteiger partial charge < -0.3 is 34.0 Å². The van der Waals surface area contributed by atoms with Crippen LogP contribution in [0.5, 0.6) is 11.5 Å². The van der Waals surface area contributed by atoms with Gasteiger partial charge in [-0.2, -0.15) is 0 Å². The van der Waals surface area contributed by atoms with E-state index in [0.717, 1.165) is 62.2 Å². The molecule has 0 bridgehead atoms. The van der Waals surface area contributed by atoms with Crippen LogP contribution in [-0.2, 0) is 20.9 Å². The van der Waals surface area contributed by atoms with Crippen molar-refractivity contribution in [2.45, 2.75) is 82.6 Å². The Morgan fingerprint density at radius 2 is 1.82 bits per heavy atom. The standard InChI is InChI=1S/C45H60FN3O8/c1-4-7-26-54-44(52)49(31-32-14-16-34(46)17-15-32)41-30-39(47-56-6-3)37-28-33(12-8-10-23-50)36(13-9-11-24-51)42-38-29-35(53-27-22-48-20-21-48)18-19-40(38)57-45(41,43(37)42)55-25-5-2/h4-5,14-19,28-29,33,36,41-43,50-51H,1-2,6-13,20-27,30-31H2,3H3/t33-,36+,41-,42+,43+,45+/m0/s1. The third-order valence-electron chi connectivity index (χ3n) is 11.6. The highest BCUT2D eigenvalue weighted by Crippen LogP contribution is 2.62. The Bertz CT molecular complexity index is 1710. The molecule has 12 heteroatoms. The number of amides is 1. The zero-order valence-electron chi connectivity index (χ0n) is 33.4. The van der Waals surface area contributed by atoms with Crippen LogP contribution in [-0.4, -0.2) is 103 Å². The lowest BCUT2D eigenvalue weighted by atomic mass is 9.55. The number of aliphatic hydroxyl groups excluding tert-OH is 2. The Hall–Kier alpha value is -4.23. The van der Waals surface area contributed by atoms with E-state index in [1.165, 1.54) is 12.1 Å². The summed E-state index contributed by atoms with van der Waals surface area (Å²) >= 11 is 0. The number of rotatable bonds is 23. The van der Waals surface area contributed by atoms with Crippen LogP contribution in [0.1, 0.15) is 75.3 Å². The maximum Gasteiger partial charge on any atom is 0.410 e. The van der Waals surface area contributed by atoms with Gasteiger partial charge in [-0.15, -0.1) is 13.2 Å². The zero-order valence-corrected chi connectivity index (χ0v) is 33.4. The number of allylic oxidation sites excluding steroid dienone is 1. The van der Waals surface area contributed by atoms with Crippen LogP contribution in [0.4, 0.5) is 9.18 Å². The Kier molecular flexibility index (Phi) is 15.2. The second-order valence-corrected chi connectivity index (χ2v) is 15.3. The van der Waals surface area contributed by atoms with Crippen LogP contribution >= 0.6 is 0 Å². The number of aliphatic hydroxyl groups is 2. The molecular formula is C45H60FN3O8. The number of hydrogen-bond acceptors (Lipinski definition) is 10. The molecule has 6 rings (SSSR count). The molecule has 1 amide bonds. The number of hydrogen-bond donors (Lipinski definition) is 2. The van der Waals surface area contributed by atoms with E-state index in [1.54, 1.807) is 29.2 Å². The predicted octanol–water partition coefficient (Wildman–Crippen LogP) is 7.39. The van der Waals surface area contributed by atoms with Gasteiger partial charge in [0.25, 0.3) is 0 Å². The second-order valence-electron chi connectivity index (χ2n) is 15.3. The first kappa shape index (κ1) is 42.4. The van der Waals surface area contributed by atoms with Gasteiger partial charge in [-0.05, 0) is 92.3 Å². The number of benzene rings is 2. The van der Waals surface area contributed by atoms with E-state index < -0.39 is 23.8 Å². The number of ether oxygens (including phenoxy) is 4. The van der Waals surface area contributed by atoms with Gasteiger partial charge >= 0.3 is 6.09 Å². The molecule has 2 aliphatic heterocycles. The molecular weight excluding hydrogens is 730 g/mol. The Morgan fingerprint density at radius 1 is 1.05 bits per heavy atom. The van der Waals surface area contributed by atoms with E-state index in [0.29, 0.717) is 49.5 Å². The highest BCUT2D eigenvalue weighted by molar-refractivity contribution is 6.03.